The number of rotatable bonds is 6. The van der Waals surface area contributed by atoms with E-state index < -0.39 is 15.8 Å². The molecule has 0 atom stereocenters. The molecule has 8 heteroatoms. The van der Waals surface area contributed by atoms with E-state index in [0.29, 0.717) is 5.69 Å². The molecular weight excluding hydrogens is 414 g/mol. The van der Waals surface area contributed by atoms with Gasteiger partial charge in [-0.1, -0.05) is 48.5 Å². The van der Waals surface area contributed by atoms with Crippen LogP contribution in [0.3, 0.4) is 0 Å². The lowest BCUT2D eigenvalue weighted by Gasteiger charge is -2.14. The van der Waals surface area contributed by atoms with Crippen molar-refractivity contribution in [2.24, 2.45) is 0 Å². The molecule has 0 radical (unpaired) electrons. The first kappa shape index (κ1) is 20.6. The minimum Gasteiger partial charge on any atom is -0.507 e. The molecule has 1 heterocycles. The highest BCUT2D eigenvalue weighted by molar-refractivity contribution is 7.89. The number of hydrogen-bond donors (Lipinski definition) is 3. The van der Waals surface area contributed by atoms with Crippen molar-refractivity contribution >= 4 is 10.0 Å². The summed E-state index contributed by atoms with van der Waals surface area (Å²) in [6.07, 6.45) is 1.57. The van der Waals surface area contributed by atoms with E-state index in [1.807, 2.05) is 49.4 Å². The molecule has 4 aromatic rings. The van der Waals surface area contributed by atoms with Crippen molar-refractivity contribution < 1.29 is 18.6 Å². The molecule has 0 aliphatic carbocycles. The fourth-order valence-corrected chi connectivity index (χ4v) is 4.45. The van der Waals surface area contributed by atoms with Gasteiger partial charge in [-0.15, -0.1) is 0 Å². The van der Waals surface area contributed by atoms with Gasteiger partial charge in [0, 0.05) is 18.2 Å². The largest absolute Gasteiger partial charge is 0.507 e. The quantitative estimate of drug-likeness (QED) is 0.428. The maximum Gasteiger partial charge on any atom is 0.244 e. The molecule has 0 saturated heterocycles. The van der Waals surface area contributed by atoms with E-state index in [4.69, 9.17) is 0 Å². The third kappa shape index (κ3) is 4.16. The van der Waals surface area contributed by atoms with Crippen LogP contribution in [-0.4, -0.2) is 28.4 Å². The third-order valence-corrected chi connectivity index (χ3v) is 6.37. The number of para-hydroxylation sites is 1. The van der Waals surface area contributed by atoms with Gasteiger partial charge in [-0.25, -0.2) is 17.8 Å². The zero-order valence-electron chi connectivity index (χ0n) is 16.7. The fourth-order valence-electron chi connectivity index (χ4n) is 3.33. The van der Waals surface area contributed by atoms with Gasteiger partial charge in [0.05, 0.1) is 17.6 Å². The van der Waals surface area contributed by atoms with Gasteiger partial charge in [0.15, 0.2) is 0 Å². The third-order valence-electron chi connectivity index (χ3n) is 4.94. The zero-order valence-corrected chi connectivity index (χ0v) is 17.5. The van der Waals surface area contributed by atoms with E-state index in [-0.39, 0.29) is 22.8 Å². The van der Waals surface area contributed by atoms with Crippen molar-refractivity contribution in [3.05, 3.63) is 90.1 Å². The summed E-state index contributed by atoms with van der Waals surface area (Å²) in [6, 6.07) is 20.6. The van der Waals surface area contributed by atoms with Gasteiger partial charge in [-0.2, -0.15) is 5.10 Å². The Morgan fingerprint density at radius 2 is 1.65 bits per heavy atom. The molecule has 31 heavy (non-hydrogen) atoms. The van der Waals surface area contributed by atoms with Crippen molar-refractivity contribution in [2.75, 3.05) is 0 Å². The van der Waals surface area contributed by atoms with Gasteiger partial charge in [0.2, 0.25) is 10.0 Å². The molecule has 0 aliphatic heterocycles. The monoisotopic (exact) mass is 435 g/mol. The number of aryl methyl sites for hydroxylation is 1. The first-order valence-corrected chi connectivity index (χ1v) is 11.0. The topological polar surface area (TPSA) is 104 Å². The molecule has 4 rings (SSSR count). The van der Waals surface area contributed by atoms with Crippen LogP contribution in [0.1, 0.15) is 11.1 Å². The smallest absolute Gasteiger partial charge is 0.244 e. The molecule has 158 valence electrons. The summed E-state index contributed by atoms with van der Waals surface area (Å²) in [6.45, 7) is 2.00. The molecular formula is C23H21N3O4S. The van der Waals surface area contributed by atoms with Gasteiger partial charge in [0.25, 0.3) is 0 Å². The predicted molar refractivity (Wildman–Crippen MR) is 118 cm³/mol. The van der Waals surface area contributed by atoms with Crippen LogP contribution in [0.25, 0.3) is 16.9 Å². The van der Waals surface area contributed by atoms with Crippen LogP contribution in [-0.2, 0) is 16.6 Å². The van der Waals surface area contributed by atoms with Crippen LogP contribution in [0.15, 0.2) is 83.9 Å². The lowest BCUT2D eigenvalue weighted by atomic mass is 10.1. The Kier molecular flexibility index (Phi) is 5.50. The number of phenolic OH excluding ortho intramolecular Hbond substituents is 2. The van der Waals surface area contributed by atoms with Gasteiger partial charge in [-0.3, -0.25) is 0 Å². The summed E-state index contributed by atoms with van der Waals surface area (Å²) in [5.41, 5.74) is 3.26. The number of aromatic nitrogens is 2. The van der Waals surface area contributed by atoms with Crippen molar-refractivity contribution in [1.29, 1.82) is 0 Å². The molecule has 7 nitrogen and oxygen atoms in total. The highest BCUT2D eigenvalue weighted by atomic mass is 32.2. The van der Waals surface area contributed by atoms with E-state index in [9.17, 15) is 18.6 Å². The number of sulfonamides is 1. The number of nitrogens with zero attached hydrogens (tertiary/aromatic N) is 2. The van der Waals surface area contributed by atoms with E-state index >= 15 is 0 Å². The van der Waals surface area contributed by atoms with E-state index in [1.165, 1.54) is 6.07 Å². The summed E-state index contributed by atoms with van der Waals surface area (Å²) in [5.74, 6) is -0.793. The number of hydrogen-bond acceptors (Lipinski definition) is 5. The van der Waals surface area contributed by atoms with Gasteiger partial charge >= 0.3 is 0 Å². The molecule has 0 saturated carbocycles. The first-order chi connectivity index (χ1) is 14.9. The maximum atomic E-state index is 12.9. The Morgan fingerprint density at radius 1 is 0.935 bits per heavy atom. The zero-order chi connectivity index (χ0) is 22.0. The van der Waals surface area contributed by atoms with Crippen LogP contribution >= 0.6 is 0 Å². The number of aromatic hydroxyl groups is 2. The Hall–Kier alpha value is -3.62. The second kappa shape index (κ2) is 8.25. The predicted octanol–water partition coefficient (Wildman–Crippen LogP) is 3.74. The molecule has 1 aromatic heterocycles. The van der Waals surface area contributed by atoms with Crippen molar-refractivity contribution in [3.8, 4) is 28.4 Å². The van der Waals surface area contributed by atoms with Gasteiger partial charge < -0.3 is 10.2 Å². The molecule has 0 amide bonds. The second-order valence-corrected chi connectivity index (χ2v) is 8.80. The Bertz CT molecular complexity index is 1330. The maximum absolute atomic E-state index is 12.9. The molecule has 0 spiro atoms. The molecule has 0 bridgehead atoms. The summed E-state index contributed by atoms with van der Waals surface area (Å²) in [4.78, 5) is -0.325. The van der Waals surface area contributed by atoms with Crippen LogP contribution in [0.2, 0.25) is 0 Å². The first-order valence-electron chi connectivity index (χ1n) is 9.57. The number of benzene rings is 3. The lowest BCUT2D eigenvalue weighted by molar-refractivity contribution is 0.440. The van der Waals surface area contributed by atoms with Crippen LogP contribution in [0.5, 0.6) is 11.5 Å². The van der Waals surface area contributed by atoms with Crippen LogP contribution in [0, 0.1) is 6.92 Å². The average molecular weight is 436 g/mol. The Balaban J connectivity index is 1.75. The van der Waals surface area contributed by atoms with Crippen LogP contribution in [0.4, 0.5) is 0 Å². The lowest BCUT2D eigenvalue weighted by Crippen LogP contribution is -2.23. The SMILES string of the molecule is Cc1ccccc1-n1nccc1-c1cc(S(=O)(=O)NCc2ccccc2)c(O)cc1O. The van der Waals surface area contributed by atoms with E-state index in [2.05, 4.69) is 9.82 Å². The Labute approximate surface area is 180 Å². The Morgan fingerprint density at radius 3 is 2.39 bits per heavy atom. The molecule has 0 aliphatic rings. The van der Waals surface area contributed by atoms with Crippen molar-refractivity contribution in [1.82, 2.24) is 14.5 Å². The summed E-state index contributed by atoms with van der Waals surface area (Å²) < 4.78 is 29.9. The van der Waals surface area contributed by atoms with Gasteiger partial charge in [-0.05, 0) is 36.2 Å². The standard InChI is InChI=1S/C23H21N3O4S/c1-16-7-5-6-10-19(16)26-20(11-12-24-26)18-13-23(22(28)14-21(18)27)31(29,30)25-15-17-8-3-2-4-9-17/h2-14,25,27-28H,15H2,1H3. The molecule has 0 fully saturated rings. The van der Waals surface area contributed by atoms with Crippen LogP contribution < -0.4 is 4.72 Å². The minimum absolute atomic E-state index is 0.0694. The number of nitrogens with one attached hydrogen (secondary N) is 1. The molecule has 0 unspecified atom stereocenters. The fraction of sp³-hybridized carbons (Fsp3) is 0.0870. The summed E-state index contributed by atoms with van der Waals surface area (Å²) in [5, 5.41) is 25.1. The normalized spacial score (nSPS) is 11.5. The molecule has 3 N–H and O–H groups in total. The highest BCUT2D eigenvalue weighted by Gasteiger charge is 2.23. The number of phenols is 2. The second-order valence-electron chi connectivity index (χ2n) is 7.06. The van der Waals surface area contributed by atoms with Crippen molar-refractivity contribution in [2.45, 2.75) is 18.4 Å². The van der Waals surface area contributed by atoms with E-state index in [1.54, 1.807) is 29.1 Å². The van der Waals surface area contributed by atoms with E-state index in [0.717, 1.165) is 22.9 Å². The highest BCUT2D eigenvalue weighted by Crippen LogP contribution is 2.37. The van der Waals surface area contributed by atoms with Crippen molar-refractivity contribution in [3.63, 3.8) is 0 Å². The minimum atomic E-state index is -4.05. The summed E-state index contributed by atoms with van der Waals surface area (Å²) in [7, 11) is -4.05. The summed E-state index contributed by atoms with van der Waals surface area (Å²) >= 11 is 0. The average Bonchev–Trinajstić information content (AvgIpc) is 3.22. The molecule has 3 aromatic carbocycles. The van der Waals surface area contributed by atoms with Gasteiger partial charge in [0.1, 0.15) is 16.4 Å².